The maximum atomic E-state index is 12.6. The minimum Gasteiger partial charge on any atom is -0.465 e. The van der Waals surface area contributed by atoms with Gasteiger partial charge in [-0.1, -0.05) is 0 Å². The molecule has 0 spiro atoms. The summed E-state index contributed by atoms with van der Waals surface area (Å²) in [7, 11) is 0. The molecule has 0 saturated heterocycles. The van der Waals surface area contributed by atoms with Crippen molar-refractivity contribution in [2.45, 2.75) is 13.8 Å². The molecule has 5 nitrogen and oxygen atoms in total. The zero-order chi connectivity index (χ0) is 12.0. The molecule has 1 aromatic heterocycles. The normalized spacial score (nSPS) is 9.94. The average Bonchev–Trinajstić information content (AvgIpc) is 2.27. The van der Waals surface area contributed by atoms with Crippen LogP contribution in [0.15, 0.2) is 12.4 Å². The van der Waals surface area contributed by atoms with Gasteiger partial charge >= 0.3 is 5.97 Å². The van der Waals surface area contributed by atoms with Crippen LogP contribution in [0.1, 0.15) is 13.8 Å². The third kappa shape index (κ3) is 3.45. The van der Waals surface area contributed by atoms with Gasteiger partial charge < -0.3 is 9.64 Å². The molecule has 1 rings (SSSR count). The quantitative estimate of drug-likeness (QED) is 0.702. The van der Waals surface area contributed by atoms with Crippen LogP contribution >= 0.6 is 0 Å². The molecule has 6 heteroatoms. The lowest BCUT2D eigenvalue weighted by molar-refractivity contribution is -0.141. The first-order valence-electron chi connectivity index (χ1n) is 5.05. The van der Waals surface area contributed by atoms with Crippen LogP contribution in [0.5, 0.6) is 0 Å². The summed E-state index contributed by atoms with van der Waals surface area (Å²) in [5.74, 6) is -0.537. The van der Waals surface area contributed by atoms with Crippen molar-refractivity contribution >= 4 is 11.9 Å². The molecule has 0 amide bonds. The third-order valence-corrected chi connectivity index (χ3v) is 1.90. The fraction of sp³-hybridized carbons (Fsp3) is 0.500. The lowest BCUT2D eigenvalue weighted by atomic mass is 10.5. The molecule has 0 aliphatic rings. The van der Waals surface area contributed by atoms with Gasteiger partial charge in [-0.2, -0.15) is 0 Å². The SMILES string of the molecule is CCOC(=O)CN(CC)c1ncc(F)cn1. The molecule has 0 aliphatic heterocycles. The summed E-state index contributed by atoms with van der Waals surface area (Å²) >= 11 is 0. The summed E-state index contributed by atoms with van der Waals surface area (Å²) in [6.07, 6.45) is 2.13. The Morgan fingerprint density at radius 1 is 1.44 bits per heavy atom. The number of hydrogen-bond acceptors (Lipinski definition) is 5. The number of aromatic nitrogens is 2. The molecule has 0 aromatic carbocycles. The number of carbonyl (C=O) groups excluding carboxylic acids is 1. The molecule has 1 heterocycles. The Morgan fingerprint density at radius 2 is 2.06 bits per heavy atom. The predicted molar refractivity (Wildman–Crippen MR) is 56.5 cm³/mol. The molecule has 0 aliphatic carbocycles. The van der Waals surface area contributed by atoms with Gasteiger partial charge in [-0.05, 0) is 13.8 Å². The molecule has 0 unspecified atom stereocenters. The molecular weight excluding hydrogens is 213 g/mol. The van der Waals surface area contributed by atoms with Crippen molar-refractivity contribution in [2.75, 3.05) is 24.6 Å². The topological polar surface area (TPSA) is 55.3 Å². The minimum atomic E-state index is -0.504. The highest BCUT2D eigenvalue weighted by Gasteiger charge is 2.12. The molecule has 16 heavy (non-hydrogen) atoms. The minimum absolute atomic E-state index is 0.0654. The van der Waals surface area contributed by atoms with Crippen LogP contribution in [0.2, 0.25) is 0 Å². The molecule has 0 saturated carbocycles. The Morgan fingerprint density at radius 3 is 2.56 bits per heavy atom. The van der Waals surface area contributed by atoms with Gasteiger partial charge in [0.25, 0.3) is 0 Å². The van der Waals surface area contributed by atoms with E-state index in [2.05, 4.69) is 9.97 Å². The number of likely N-dealkylation sites (N-methyl/N-ethyl adjacent to an activating group) is 1. The third-order valence-electron chi connectivity index (χ3n) is 1.90. The molecular formula is C10H14FN3O2. The lowest BCUT2D eigenvalue weighted by Crippen LogP contribution is -2.32. The highest BCUT2D eigenvalue weighted by atomic mass is 19.1. The highest BCUT2D eigenvalue weighted by Crippen LogP contribution is 2.05. The number of anilines is 1. The first-order valence-corrected chi connectivity index (χ1v) is 5.05. The van der Waals surface area contributed by atoms with Crippen molar-refractivity contribution in [1.29, 1.82) is 0 Å². The second kappa shape index (κ2) is 5.99. The van der Waals surface area contributed by atoms with Crippen LogP contribution in [-0.2, 0) is 9.53 Å². The standard InChI is InChI=1S/C10H14FN3O2/c1-3-14(7-9(15)16-4-2)10-12-5-8(11)6-13-10/h5-6H,3-4,7H2,1-2H3. The van der Waals surface area contributed by atoms with Crippen LogP contribution in [0, 0.1) is 5.82 Å². The maximum Gasteiger partial charge on any atom is 0.325 e. The van der Waals surface area contributed by atoms with Gasteiger partial charge in [-0.15, -0.1) is 0 Å². The van der Waals surface area contributed by atoms with Crippen molar-refractivity contribution < 1.29 is 13.9 Å². The van der Waals surface area contributed by atoms with Crippen molar-refractivity contribution in [3.63, 3.8) is 0 Å². The summed E-state index contributed by atoms with van der Waals surface area (Å²) < 4.78 is 17.4. The number of ether oxygens (including phenoxy) is 1. The number of carbonyl (C=O) groups is 1. The van der Waals surface area contributed by atoms with Gasteiger partial charge in [0.1, 0.15) is 6.54 Å². The van der Waals surface area contributed by atoms with E-state index in [9.17, 15) is 9.18 Å². The zero-order valence-electron chi connectivity index (χ0n) is 9.31. The second-order valence-corrected chi connectivity index (χ2v) is 3.02. The van der Waals surface area contributed by atoms with E-state index >= 15 is 0 Å². The fourth-order valence-corrected chi connectivity index (χ4v) is 1.16. The second-order valence-electron chi connectivity index (χ2n) is 3.02. The molecule has 0 radical (unpaired) electrons. The summed E-state index contributed by atoms with van der Waals surface area (Å²) in [4.78, 5) is 20.5. The predicted octanol–water partition coefficient (Wildman–Crippen LogP) is 1.01. The van der Waals surface area contributed by atoms with Crippen molar-refractivity contribution in [1.82, 2.24) is 9.97 Å². The number of nitrogens with zero attached hydrogens (tertiary/aromatic N) is 3. The summed E-state index contributed by atoms with van der Waals surface area (Å²) in [6.45, 7) is 4.54. The first kappa shape index (κ1) is 12.4. The van der Waals surface area contributed by atoms with Gasteiger partial charge in [0.15, 0.2) is 5.82 Å². The van der Waals surface area contributed by atoms with Gasteiger partial charge in [0, 0.05) is 6.54 Å². The highest BCUT2D eigenvalue weighted by molar-refractivity contribution is 5.74. The van der Waals surface area contributed by atoms with Gasteiger partial charge in [-0.25, -0.2) is 14.4 Å². The number of hydrogen-bond donors (Lipinski definition) is 0. The van der Waals surface area contributed by atoms with Crippen molar-refractivity contribution in [3.8, 4) is 0 Å². The first-order chi connectivity index (χ1) is 7.67. The van der Waals surface area contributed by atoms with E-state index in [1.807, 2.05) is 6.92 Å². The van der Waals surface area contributed by atoms with E-state index in [-0.39, 0.29) is 12.5 Å². The molecule has 0 fully saturated rings. The lowest BCUT2D eigenvalue weighted by Gasteiger charge is -2.18. The summed E-state index contributed by atoms with van der Waals surface area (Å²) in [5, 5.41) is 0. The van der Waals surface area contributed by atoms with E-state index in [1.54, 1.807) is 11.8 Å². The van der Waals surface area contributed by atoms with E-state index in [0.29, 0.717) is 19.1 Å². The fourth-order valence-electron chi connectivity index (χ4n) is 1.16. The maximum absolute atomic E-state index is 12.6. The van der Waals surface area contributed by atoms with Crippen molar-refractivity contribution in [3.05, 3.63) is 18.2 Å². The Balaban J connectivity index is 2.67. The van der Waals surface area contributed by atoms with Crippen LogP contribution < -0.4 is 4.90 Å². The Hall–Kier alpha value is -1.72. The average molecular weight is 227 g/mol. The van der Waals surface area contributed by atoms with E-state index in [1.165, 1.54) is 0 Å². The Kier molecular flexibility index (Phi) is 4.63. The summed E-state index contributed by atoms with van der Waals surface area (Å²) in [5.41, 5.74) is 0. The van der Waals surface area contributed by atoms with E-state index in [4.69, 9.17) is 4.74 Å². The van der Waals surface area contributed by atoms with Crippen LogP contribution in [0.3, 0.4) is 0 Å². The van der Waals surface area contributed by atoms with E-state index in [0.717, 1.165) is 12.4 Å². The van der Waals surface area contributed by atoms with Crippen LogP contribution in [0.4, 0.5) is 10.3 Å². The molecule has 0 bridgehead atoms. The molecule has 0 atom stereocenters. The summed E-state index contributed by atoms with van der Waals surface area (Å²) in [6, 6.07) is 0. The smallest absolute Gasteiger partial charge is 0.325 e. The van der Waals surface area contributed by atoms with E-state index < -0.39 is 5.82 Å². The Bertz CT molecular complexity index is 342. The molecule has 88 valence electrons. The van der Waals surface area contributed by atoms with Gasteiger partial charge in [-0.3, -0.25) is 4.79 Å². The Labute approximate surface area is 93.3 Å². The number of esters is 1. The largest absolute Gasteiger partial charge is 0.465 e. The van der Waals surface area contributed by atoms with Gasteiger partial charge in [0.05, 0.1) is 19.0 Å². The monoisotopic (exact) mass is 227 g/mol. The molecule has 0 N–H and O–H groups in total. The van der Waals surface area contributed by atoms with Gasteiger partial charge in [0.2, 0.25) is 5.95 Å². The molecule has 1 aromatic rings. The van der Waals surface area contributed by atoms with Crippen LogP contribution in [0.25, 0.3) is 0 Å². The number of halogens is 1. The van der Waals surface area contributed by atoms with Crippen LogP contribution in [-0.4, -0.2) is 35.6 Å². The van der Waals surface area contributed by atoms with Crippen molar-refractivity contribution in [2.24, 2.45) is 0 Å². The number of rotatable bonds is 5. The zero-order valence-corrected chi connectivity index (χ0v) is 9.31.